The maximum atomic E-state index is 12.6. The van der Waals surface area contributed by atoms with E-state index in [1.165, 1.54) is 6.92 Å². The summed E-state index contributed by atoms with van der Waals surface area (Å²) >= 11 is 0. The summed E-state index contributed by atoms with van der Waals surface area (Å²) in [5, 5.41) is 14.5. The molecule has 1 rings (SSSR count). The number of halogens is 2. The van der Waals surface area contributed by atoms with Crippen LogP contribution in [-0.4, -0.2) is 33.3 Å². The van der Waals surface area contributed by atoms with Gasteiger partial charge < -0.3 is 10.4 Å². The van der Waals surface area contributed by atoms with Gasteiger partial charge in [0.05, 0.1) is 18.5 Å². The first-order chi connectivity index (χ1) is 8.82. The number of aliphatic carboxylic acids is 1. The maximum absolute atomic E-state index is 12.6. The average molecular weight is 275 g/mol. The molecule has 19 heavy (non-hydrogen) atoms. The second-order valence-electron chi connectivity index (χ2n) is 4.04. The van der Waals surface area contributed by atoms with Gasteiger partial charge in [-0.25, -0.2) is 4.68 Å². The van der Waals surface area contributed by atoms with E-state index < -0.39 is 18.4 Å². The molecule has 0 radical (unpaired) electrons. The third-order valence-corrected chi connectivity index (χ3v) is 2.66. The molecular formula is C11H15F2N3O3. The van der Waals surface area contributed by atoms with Gasteiger partial charge in [-0.1, -0.05) is 0 Å². The molecule has 0 unspecified atom stereocenters. The Morgan fingerprint density at radius 1 is 1.42 bits per heavy atom. The van der Waals surface area contributed by atoms with Crippen LogP contribution in [0.1, 0.15) is 29.9 Å². The van der Waals surface area contributed by atoms with Crippen molar-refractivity contribution in [2.75, 3.05) is 6.54 Å². The highest BCUT2D eigenvalue weighted by Crippen LogP contribution is 2.19. The lowest BCUT2D eigenvalue weighted by Crippen LogP contribution is -2.27. The number of carboxylic acid groups (broad SMARTS) is 1. The Morgan fingerprint density at radius 3 is 2.53 bits per heavy atom. The molecule has 8 heteroatoms. The van der Waals surface area contributed by atoms with Gasteiger partial charge in [-0.3, -0.25) is 9.59 Å². The standard InChI is InChI=1S/C11H15F2N3O3/c1-6-8(7(2)16(15-6)11(12)13)5-9(17)14-4-3-10(18)19/h11H,3-5H2,1-2H3,(H,14,17)(H,18,19). The number of rotatable bonds is 6. The second kappa shape index (κ2) is 6.26. The van der Waals surface area contributed by atoms with Crippen LogP contribution >= 0.6 is 0 Å². The molecule has 0 saturated carbocycles. The van der Waals surface area contributed by atoms with Crippen LogP contribution in [0.4, 0.5) is 8.78 Å². The number of carbonyl (C=O) groups is 2. The summed E-state index contributed by atoms with van der Waals surface area (Å²) in [6, 6.07) is 0. The molecule has 0 aliphatic heterocycles. The van der Waals surface area contributed by atoms with Gasteiger partial charge in [0, 0.05) is 17.8 Å². The third kappa shape index (κ3) is 4.01. The summed E-state index contributed by atoms with van der Waals surface area (Å²) in [5.74, 6) is -1.43. The minimum absolute atomic E-state index is 0.00917. The van der Waals surface area contributed by atoms with Gasteiger partial charge in [0.2, 0.25) is 5.91 Å². The van der Waals surface area contributed by atoms with Crippen molar-refractivity contribution in [3.05, 3.63) is 17.0 Å². The lowest BCUT2D eigenvalue weighted by Gasteiger charge is -2.05. The number of carbonyl (C=O) groups excluding carboxylic acids is 1. The molecule has 0 fully saturated rings. The molecule has 0 aliphatic rings. The Balaban J connectivity index is 2.67. The highest BCUT2D eigenvalue weighted by molar-refractivity contribution is 5.79. The number of amides is 1. The fourth-order valence-electron chi connectivity index (χ4n) is 1.67. The molecule has 106 valence electrons. The molecule has 1 aromatic heterocycles. The third-order valence-electron chi connectivity index (χ3n) is 2.66. The lowest BCUT2D eigenvalue weighted by atomic mass is 10.1. The van der Waals surface area contributed by atoms with E-state index in [0.29, 0.717) is 15.9 Å². The van der Waals surface area contributed by atoms with Gasteiger partial charge in [0.1, 0.15) is 0 Å². The summed E-state index contributed by atoms with van der Waals surface area (Å²) in [6.45, 7) is 0.273. The zero-order valence-electron chi connectivity index (χ0n) is 10.6. The van der Waals surface area contributed by atoms with Crippen LogP contribution in [-0.2, 0) is 16.0 Å². The Morgan fingerprint density at radius 2 is 2.05 bits per heavy atom. The normalized spacial score (nSPS) is 10.8. The zero-order chi connectivity index (χ0) is 14.6. The molecule has 0 bridgehead atoms. The van der Waals surface area contributed by atoms with Gasteiger partial charge in [-0.05, 0) is 13.8 Å². The maximum Gasteiger partial charge on any atom is 0.333 e. The van der Waals surface area contributed by atoms with Gasteiger partial charge >= 0.3 is 12.5 Å². The highest BCUT2D eigenvalue weighted by atomic mass is 19.3. The summed E-state index contributed by atoms with van der Waals surface area (Å²) in [5.41, 5.74) is 1.04. The van der Waals surface area contributed by atoms with E-state index in [9.17, 15) is 18.4 Å². The van der Waals surface area contributed by atoms with Gasteiger partial charge in [0.25, 0.3) is 0 Å². The van der Waals surface area contributed by atoms with Crippen LogP contribution in [0.2, 0.25) is 0 Å². The van der Waals surface area contributed by atoms with Gasteiger partial charge in [0.15, 0.2) is 0 Å². The van der Waals surface area contributed by atoms with Crippen molar-refractivity contribution in [3.63, 3.8) is 0 Å². The minimum Gasteiger partial charge on any atom is -0.481 e. The van der Waals surface area contributed by atoms with E-state index >= 15 is 0 Å². The van der Waals surface area contributed by atoms with E-state index in [0.717, 1.165) is 0 Å². The summed E-state index contributed by atoms with van der Waals surface area (Å²) in [6.07, 6.45) is -0.274. The fourth-order valence-corrected chi connectivity index (χ4v) is 1.67. The van der Waals surface area contributed by atoms with Crippen molar-refractivity contribution < 1.29 is 23.5 Å². The van der Waals surface area contributed by atoms with Crippen molar-refractivity contribution in [2.45, 2.75) is 33.2 Å². The minimum atomic E-state index is -2.75. The quantitative estimate of drug-likeness (QED) is 0.812. The van der Waals surface area contributed by atoms with Crippen molar-refractivity contribution in [1.29, 1.82) is 0 Å². The van der Waals surface area contributed by atoms with Gasteiger partial charge in [-0.15, -0.1) is 0 Å². The molecular weight excluding hydrogens is 260 g/mol. The van der Waals surface area contributed by atoms with Crippen LogP contribution in [0.25, 0.3) is 0 Å². The number of aryl methyl sites for hydroxylation is 1. The first-order valence-corrected chi connectivity index (χ1v) is 5.64. The predicted octanol–water partition coefficient (Wildman–Crippen LogP) is 1.03. The van der Waals surface area contributed by atoms with E-state index in [2.05, 4.69) is 10.4 Å². The smallest absolute Gasteiger partial charge is 0.333 e. The number of nitrogens with one attached hydrogen (secondary N) is 1. The summed E-state index contributed by atoms with van der Waals surface area (Å²) < 4.78 is 25.7. The molecule has 1 amide bonds. The Kier molecular flexibility index (Phi) is 4.96. The molecule has 0 atom stereocenters. The lowest BCUT2D eigenvalue weighted by molar-refractivity contribution is -0.136. The Bertz CT molecular complexity index is 486. The summed E-state index contributed by atoms with van der Waals surface area (Å²) in [4.78, 5) is 21.8. The molecule has 0 spiro atoms. The fraction of sp³-hybridized carbons (Fsp3) is 0.545. The van der Waals surface area contributed by atoms with E-state index in [1.54, 1.807) is 6.92 Å². The number of alkyl halides is 2. The number of carboxylic acids is 1. The largest absolute Gasteiger partial charge is 0.481 e. The van der Waals surface area contributed by atoms with Crippen molar-refractivity contribution in [1.82, 2.24) is 15.1 Å². The van der Waals surface area contributed by atoms with Crippen molar-refractivity contribution >= 4 is 11.9 Å². The summed E-state index contributed by atoms with van der Waals surface area (Å²) in [7, 11) is 0. The Hall–Kier alpha value is -1.99. The number of nitrogens with zero attached hydrogens (tertiary/aromatic N) is 2. The van der Waals surface area contributed by atoms with Crippen molar-refractivity contribution in [3.8, 4) is 0 Å². The van der Waals surface area contributed by atoms with Crippen LogP contribution in [0.3, 0.4) is 0 Å². The highest BCUT2D eigenvalue weighted by Gasteiger charge is 2.19. The van der Waals surface area contributed by atoms with Gasteiger partial charge in [-0.2, -0.15) is 13.9 Å². The second-order valence-corrected chi connectivity index (χ2v) is 4.04. The van der Waals surface area contributed by atoms with Crippen LogP contribution in [0, 0.1) is 13.8 Å². The van der Waals surface area contributed by atoms with E-state index in [4.69, 9.17) is 5.11 Å². The average Bonchev–Trinajstić information content (AvgIpc) is 2.56. The molecule has 2 N–H and O–H groups in total. The first kappa shape index (κ1) is 15.1. The zero-order valence-corrected chi connectivity index (χ0v) is 10.6. The first-order valence-electron chi connectivity index (χ1n) is 5.64. The molecule has 0 aliphatic carbocycles. The number of hydrogen-bond donors (Lipinski definition) is 2. The molecule has 6 nitrogen and oxygen atoms in total. The van der Waals surface area contributed by atoms with E-state index in [-0.39, 0.29) is 25.1 Å². The molecule has 0 aromatic carbocycles. The molecule has 1 heterocycles. The van der Waals surface area contributed by atoms with Crippen LogP contribution in [0.15, 0.2) is 0 Å². The molecule has 0 saturated heterocycles. The molecule has 1 aromatic rings. The van der Waals surface area contributed by atoms with Crippen molar-refractivity contribution in [2.24, 2.45) is 0 Å². The number of hydrogen-bond acceptors (Lipinski definition) is 3. The monoisotopic (exact) mass is 275 g/mol. The van der Waals surface area contributed by atoms with E-state index in [1.807, 2.05) is 0 Å². The Labute approximate surface area is 108 Å². The topological polar surface area (TPSA) is 84.2 Å². The predicted molar refractivity (Wildman–Crippen MR) is 61.9 cm³/mol. The SMILES string of the molecule is Cc1nn(C(F)F)c(C)c1CC(=O)NCCC(=O)O. The van der Waals surface area contributed by atoms with Crippen LogP contribution in [0.5, 0.6) is 0 Å². The van der Waals surface area contributed by atoms with Crippen LogP contribution < -0.4 is 5.32 Å². The number of aromatic nitrogens is 2.